The summed E-state index contributed by atoms with van der Waals surface area (Å²) in [5.41, 5.74) is 7.07. The Hall–Kier alpha value is -1.06. The third-order valence-electron chi connectivity index (χ3n) is 3.87. The normalized spacial score (nSPS) is 23.5. The number of carbonyl (C=O) groups excluding carboxylic acids is 1. The SMILES string of the molecule is CC(N)CC(=O)NC1CCC(c2ccccc2)CC1.Cl. The lowest BCUT2D eigenvalue weighted by atomic mass is 9.82. The van der Waals surface area contributed by atoms with E-state index in [1.165, 1.54) is 5.56 Å². The van der Waals surface area contributed by atoms with Gasteiger partial charge in [0.1, 0.15) is 0 Å². The first kappa shape index (κ1) is 17.0. The smallest absolute Gasteiger partial charge is 0.221 e. The number of amides is 1. The second kappa shape index (κ2) is 8.28. The van der Waals surface area contributed by atoms with Crippen molar-refractivity contribution in [3.05, 3.63) is 35.9 Å². The Balaban J connectivity index is 0.00000200. The van der Waals surface area contributed by atoms with Crippen LogP contribution in [0.5, 0.6) is 0 Å². The molecule has 0 aromatic heterocycles. The Kier molecular flexibility index (Phi) is 7.03. The van der Waals surface area contributed by atoms with Crippen LogP contribution in [0.4, 0.5) is 0 Å². The molecule has 0 saturated heterocycles. The first-order valence-electron chi connectivity index (χ1n) is 7.25. The topological polar surface area (TPSA) is 55.1 Å². The highest BCUT2D eigenvalue weighted by Crippen LogP contribution is 2.32. The predicted molar refractivity (Wildman–Crippen MR) is 85.1 cm³/mol. The van der Waals surface area contributed by atoms with Crippen molar-refractivity contribution in [3.63, 3.8) is 0 Å². The van der Waals surface area contributed by atoms with Crippen LogP contribution in [0, 0.1) is 0 Å². The zero-order valence-electron chi connectivity index (χ0n) is 12.0. The average molecular weight is 297 g/mol. The molecule has 20 heavy (non-hydrogen) atoms. The predicted octanol–water partition coefficient (Wildman–Crippen LogP) is 2.99. The summed E-state index contributed by atoms with van der Waals surface area (Å²) in [7, 11) is 0. The third kappa shape index (κ3) is 5.14. The van der Waals surface area contributed by atoms with Crippen LogP contribution in [0.2, 0.25) is 0 Å². The fraction of sp³-hybridized carbons (Fsp3) is 0.562. The van der Waals surface area contributed by atoms with Crippen LogP contribution in [-0.2, 0) is 4.79 Å². The van der Waals surface area contributed by atoms with E-state index in [0.717, 1.165) is 25.7 Å². The van der Waals surface area contributed by atoms with Gasteiger partial charge < -0.3 is 11.1 Å². The Morgan fingerprint density at radius 2 is 1.85 bits per heavy atom. The van der Waals surface area contributed by atoms with E-state index < -0.39 is 0 Å². The van der Waals surface area contributed by atoms with Crippen molar-refractivity contribution in [1.82, 2.24) is 5.32 Å². The fourth-order valence-electron chi connectivity index (χ4n) is 2.88. The number of halogens is 1. The van der Waals surface area contributed by atoms with Gasteiger partial charge in [0.15, 0.2) is 0 Å². The van der Waals surface area contributed by atoms with E-state index in [4.69, 9.17) is 5.73 Å². The molecule has 0 spiro atoms. The molecule has 3 nitrogen and oxygen atoms in total. The maximum absolute atomic E-state index is 11.7. The zero-order chi connectivity index (χ0) is 13.7. The van der Waals surface area contributed by atoms with Gasteiger partial charge in [-0.1, -0.05) is 30.3 Å². The molecule has 1 fully saturated rings. The molecule has 4 heteroatoms. The molecule has 0 aliphatic heterocycles. The molecule has 3 N–H and O–H groups in total. The number of rotatable bonds is 4. The molecular formula is C16H25ClN2O. The van der Waals surface area contributed by atoms with E-state index in [1.807, 2.05) is 6.92 Å². The fourth-order valence-corrected chi connectivity index (χ4v) is 2.88. The van der Waals surface area contributed by atoms with Gasteiger partial charge in [0.05, 0.1) is 0 Å². The summed E-state index contributed by atoms with van der Waals surface area (Å²) >= 11 is 0. The highest BCUT2D eigenvalue weighted by atomic mass is 35.5. The van der Waals surface area contributed by atoms with E-state index >= 15 is 0 Å². The number of carbonyl (C=O) groups is 1. The second-order valence-corrected chi connectivity index (χ2v) is 5.71. The van der Waals surface area contributed by atoms with E-state index in [2.05, 4.69) is 35.6 Å². The Morgan fingerprint density at radius 3 is 2.40 bits per heavy atom. The molecule has 1 aromatic rings. The number of hydrogen-bond donors (Lipinski definition) is 2. The minimum absolute atomic E-state index is 0. The molecule has 1 atom stereocenters. The van der Waals surface area contributed by atoms with E-state index in [-0.39, 0.29) is 24.4 Å². The number of hydrogen-bond acceptors (Lipinski definition) is 2. The van der Waals surface area contributed by atoms with Gasteiger partial charge in [-0.2, -0.15) is 0 Å². The van der Waals surface area contributed by atoms with Crippen molar-refractivity contribution in [1.29, 1.82) is 0 Å². The van der Waals surface area contributed by atoms with Crippen LogP contribution in [0.1, 0.15) is 50.5 Å². The summed E-state index contributed by atoms with van der Waals surface area (Å²) in [4.78, 5) is 11.7. The molecule has 1 aliphatic rings. The van der Waals surface area contributed by atoms with Crippen molar-refractivity contribution in [2.24, 2.45) is 5.73 Å². The van der Waals surface area contributed by atoms with Crippen LogP contribution in [0.3, 0.4) is 0 Å². The molecule has 1 aliphatic carbocycles. The van der Waals surface area contributed by atoms with Gasteiger partial charge in [0.25, 0.3) is 0 Å². The van der Waals surface area contributed by atoms with Crippen molar-refractivity contribution in [2.75, 3.05) is 0 Å². The highest BCUT2D eigenvalue weighted by Gasteiger charge is 2.23. The minimum Gasteiger partial charge on any atom is -0.353 e. The Labute approximate surface area is 127 Å². The number of nitrogens with two attached hydrogens (primary N) is 1. The molecule has 0 radical (unpaired) electrons. The summed E-state index contributed by atoms with van der Waals surface area (Å²) < 4.78 is 0. The summed E-state index contributed by atoms with van der Waals surface area (Å²) in [5, 5.41) is 3.10. The number of nitrogens with one attached hydrogen (secondary N) is 1. The molecule has 2 rings (SSSR count). The van der Waals surface area contributed by atoms with Gasteiger partial charge in [-0.05, 0) is 44.1 Å². The zero-order valence-corrected chi connectivity index (χ0v) is 12.9. The standard InChI is InChI=1S/C16H24N2O.ClH/c1-12(17)11-16(19)18-15-9-7-14(8-10-15)13-5-3-2-4-6-13;/h2-6,12,14-15H,7-11,17H2,1H3,(H,18,19);1H. The second-order valence-electron chi connectivity index (χ2n) is 5.71. The summed E-state index contributed by atoms with van der Waals surface area (Å²) in [6, 6.07) is 11.0. The van der Waals surface area contributed by atoms with Crippen molar-refractivity contribution in [2.45, 2.75) is 57.0 Å². The minimum atomic E-state index is -0.0549. The third-order valence-corrected chi connectivity index (χ3v) is 3.87. The lowest BCUT2D eigenvalue weighted by molar-refractivity contribution is -0.122. The van der Waals surface area contributed by atoms with E-state index in [0.29, 0.717) is 18.4 Å². The van der Waals surface area contributed by atoms with Crippen LogP contribution < -0.4 is 11.1 Å². The molecule has 1 aromatic carbocycles. The molecule has 0 heterocycles. The van der Waals surface area contributed by atoms with Crippen LogP contribution in [-0.4, -0.2) is 18.0 Å². The van der Waals surface area contributed by atoms with E-state index in [1.54, 1.807) is 0 Å². The quantitative estimate of drug-likeness (QED) is 0.897. The summed E-state index contributed by atoms with van der Waals surface area (Å²) in [5.74, 6) is 0.751. The van der Waals surface area contributed by atoms with Crippen LogP contribution in [0.25, 0.3) is 0 Å². The molecular weight excluding hydrogens is 272 g/mol. The van der Waals surface area contributed by atoms with Crippen molar-refractivity contribution < 1.29 is 4.79 Å². The summed E-state index contributed by atoms with van der Waals surface area (Å²) in [6.07, 6.45) is 4.90. The van der Waals surface area contributed by atoms with Crippen molar-refractivity contribution >= 4 is 18.3 Å². The summed E-state index contributed by atoms with van der Waals surface area (Å²) in [6.45, 7) is 1.87. The average Bonchev–Trinajstić information content (AvgIpc) is 2.39. The first-order chi connectivity index (χ1) is 9.15. The molecule has 1 amide bonds. The van der Waals surface area contributed by atoms with Gasteiger partial charge in [-0.15, -0.1) is 12.4 Å². The highest BCUT2D eigenvalue weighted by molar-refractivity contribution is 5.85. The van der Waals surface area contributed by atoms with Gasteiger partial charge in [-0.25, -0.2) is 0 Å². The van der Waals surface area contributed by atoms with Gasteiger partial charge in [-0.3, -0.25) is 4.79 Å². The first-order valence-corrected chi connectivity index (χ1v) is 7.25. The Bertz CT molecular complexity index is 400. The largest absolute Gasteiger partial charge is 0.353 e. The molecule has 1 unspecified atom stereocenters. The molecule has 112 valence electrons. The van der Waals surface area contributed by atoms with Crippen molar-refractivity contribution in [3.8, 4) is 0 Å². The Morgan fingerprint density at radius 1 is 1.25 bits per heavy atom. The monoisotopic (exact) mass is 296 g/mol. The van der Waals surface area contributed by atoms with Crippen LogP contribution in [0.15, 0.2) is 30.3 Å². The number of benzene rings is 1. The maximum atomic E-state index is 11.7. The van der Waals surface area contributed by atoms with Crippen LogP contribution >= 0.6 is 12.4 Å². The lowest BCUT2D eigenvalue weighted by Crippen LogP contribution is -2.39. The van der Waals surface area contributed by atoms with E-state index in [9.17, 15) is 4.79 Å². The molecule has 1 saturated carbocycles. The van der Waals surface area contributed by atoms with Gasteiger partial charge in [0.2, 0.25) is 5.91 Å². The van der Waals surface area contributed by atoms with Gasteiger partial charge in [0, 0.05) is 18.5 Å². The lowest BCUT2D eigenvalue weighted by Gasteiger charge is -2.29. The maximum Gasteiger partial charge on any atom is 0.221 e. The molecule has 0 bridgehead atoms. The van der Waals surface area contributed by atoms with Gasteiger partial charge >= 0.3 is 0 Å².